The molecule has 0 aliphatic heterocycles. The molecule has 0 radical (unpaired) electrons. The SMILES string of the molecule is CCO[Si](OCC)(OCC)c1ccc(C(C)=CC=Cc2ccc(N(Cc3ccc(OC)cc3)Cc3ccc(OC)cc3)cc2)s1. The van der Waals surface area contributed by atoms with Crippen LogP contribution in [0.5, 0.6) is 11.5 Å². The smallest absolute Gasteiger partial charge is 0.497 e. The Hall–Kier alpha value is -3.66. The van der Waals surface area contributed by atoms with Gasteiger partial charge >= 0.3 is 8.80 Å². The van der Waals surface area contributed by atoms with Gasteiger partial charge in [-0.05, 0) is 98.5 Å². The van der Waals surface area contributed by atoms with Crippen molar-refractivity contribution in [3.63, 3.8) is 0 Å². The van der Waals surface area contributed by atoms with E-state index in [-0.39, 0.29) is 0 Å². The first-order chi connectivity index (χ1) is 21.9. The number of methoxy groups -OCH3 is 2. The Bertz CT molecular complexity index is 1450. The van der Waals surface area contributed by atoms with E-state index in [0.717, 1.165) is 40.3 Å². The van der Waals surface area contributed by atoms with Gasteiger partial charge in [-0.25, -0.2) is 0 Å². The average molecular weight is 644 g/mol. The Morgan fingerprint density at radius 3 is 1.67 bits per heavy atom. The zero-order chi connectivity index (χ0) is 32.1. The number of nitrogens with zero attached hydrogens (tertiary/aromatic N) is 1. The van der Waals surface area contributed by atoms with Gasteiger partial charge in [0.05, 0.1) is 18.7 Å². The van der Waals surface area contributed by atoms with Gasteiger partial charge in [-0.3, -0.25) is 0 Å². The highest BCUT2D eigenvalue weighted by atomic mass is 32.1. The van der Waals surface area contributed by atoms with E-state index in [0.29, 0.717) is 19.8 Å². The standard InChI is InChI=1S/C37H45NO5SSi/c1-7-41-45(42-8-2,43-9-3)37-26-25-36(44-37)29(4)11-10-12-30-13-19-33(20-14-30)38(27-31-15-21-34(39-5)22-16-31)28-32-17-23-35(40-6)24-18-32/h10-26H,7-9,27-28H2,1-6H3. The Morgan fingerprint density at radius 2 is 1.20 bits per heavy atom. The fourth-order valence-electron chi connectivity index (χ4n) is 4.95. The highest BCUT2D eigenvalue weighted by Crippen LogP contribution is 2.25. The number of benzene rings is 3. The van der Waals surface area contributed by atoms with E-state index >= 15 is 0 Å². The fraction of sp³-hybridized carbons (Fsp3) is 0.297. The molecule has 0 amide bonds. The molecule has 0 N–H and O–H groups in total. The second kappa shape index (κ2) is 17.1. The lowest BCUT2D eigenvalue weighted by Crippen LogP contribution is -2.55. The molecular formula is C37H45NO5SSi. The van der Waals surface area contributed by atoms with Gasteiger partial charge in [-0.1, -0.05) is 54.6 Å². The lowest BCUT2D eigenvalue weighted by Gasteiger charge is -2.27. The van der Waals surface area contributed by atoms with Gasteiger partial charge in [0.25, 0.3) is 0 Å². The molecule has 0 atom stereocenters. The van der Waals surface area contributed by atoms with Crippen LogP contribution in [0, 0.1) is 0 Å². The minimum absolute atomic E-state index is 0.552. The molecule has 6 nitrogen and oxygen atoms in total. The van der Waals surface area contributed by atoms with Crippen LogP contribution in [0.3, 0.4) is 0 Å². The Morgan fingerprint density at radius 1 is 0.689 bits per heavy atom. The van der Waals surface area contributed by atoms with Crippen molar-refractivity contribution in [2.24, 2.45) is 0 Å². The van der Waals surface area contributed by atoms with Crippen molar-refractivity contribution in [1.82, 2.24) is 0 Å². The van der Waals surface area contributed by atoms with Crippen molar-refractivity contribution in [2.45, 2.75) is 40.8 Å². The maximum absolute atomic E-state index is 6.10. The predicted molar refractivity (Wildman–Crippen MR) is 190 cm³/mol. The van der Waals surface area contributed by atoms with Crippen LogP contribution < -0.4 is 18.9 Å². The molecule has 45 heavy (non-hydrogen) atoms. The van der Waals surface area contributed by atoms with Crippen LogP contribution >= 0.6 is 11.3 Å². The molecule has 0 unspecified atom stereocenters. The van der Waals surface area contributed by atoms with Crippen LogP contribution in [0.25, 0.3) is 11.6 Å². The fourth-order valence-corrected chi connectivity index (χ4v) is 9.15. The van der Waals surface area contributed by atoms with E-state index in [1.807, 2.05) is 45.0 Å². The van der Waals surface area contributed by atoms with E-state index in [2.05, 4.69) is 90.7 Å². The Balaban J connectivity index is 1.49. The monoisotopic (exact) mass is 643 g/mol. The summed E-state index contributed by atoms with van der Waals surface area (Å²) < 4.78 is 30.0. The Kier molecular flexibility index (Phi) is 13.0. The third kappa shape index (κ3) is 9.42. The lowest BCUT2D eigenvalue weighted by atomic mass is 10.1. The molecule has 0 saturated heterocycles. The van der Waals surface area contributed by atoms with Gasteiger partial charge in [0.2, 0.25) is 0 Å². The van der Waals surface area contributed by atoms with Gasteiger partial charge < -0.3 is 27.7 Å². The molecule has 8 heteroatoms. The molecule has 1 heterocycles. The second-order valence-corrected chi connectivity index (χ2v) is 14.3. The summed E-state index contributed by atoms with van der Waals surface area (Å²) in [5.41, 5.74) is 5.90. The minimum Gasteiger partial charge on any atom is -0.497 e. The van der Waals surface area contributed by atoms with E-state index in [1.165, 1.54) is 21.6 Å². The average Bonchev–Trinajstić information content (AvgIpc) is 3.57. The summed E-state index contributed by atoms with van der Waals surface area (Å²) in [6.45, 7) is 11.3. The van der Waals surface area contributed by atoms with Crippen LogP contribution in [-0.4, -0.2) is 42.8 Å². The first kappa shape index (κ1) is 34.2. The van der Waals surface area contributed by atoms with E-state index < -0.39 is 8.80 Å². The largest absolute Gasteiger partial charge is 0.547 e. The molecular weight excluding hydrogens is 599 g/mol. The maximum atomic E-state index is 6.10. The number of allylic oxidation sites excluding steroid dienone is 3. The van der Waals surface area contributed by atoms with Gasteiger partial charge in [0.15, 0.2) is 0 Å². The molecule has 3 aromatic carbocycles. The number of anilines is 1. The molecule has 0 spiro atoms. The predicted octanol–water partition coefficient (Wildman–Crippen LogP) is 8.34. The molecule has 4 aromatic rings. The van der Waals surface area contributed by atoms with Gasteiger partial charge in [-0.2, -0.15) is 0 Å². The molecule has 238 valence electrons. The number of rotatable bonds is 17. The van der Waals surface area contributed by atoms with Gasteiger partial charge in [0, 0.05) is 43.5 Å². The Labute approximate surface area is 273 Å². The molecule has 0 fully saturated rings. The second-order valence-electron chi connectivity index (χ2n) is 10.4. The van der Waals surface area contributed by atoms with Crippen molar-refractivity contribution < 1.29 is 22.8 Å². The lowest BCUT2D eigenvalue weighted by molar-refractivity contribution is 0.0866. The quantitative estimate of drug-likeness (QED) is 0.0852. The summed E-state index contributed by atoms with van der Waals surface area (Å²) in [6, 6.07) is 29.5. The van der Waals surface area contributed by atoms with Gasteiger partial charge in [-0.15, -0.1) is 11.3 Å². The third-order valence-corrected chi connectivity index (χ3v) is 12.1. The van der Waals surface area contributed by atoms with Crippen LogP contribution in [0.1, 0.15) is 49.3 Å². The summed E-state index contributed by atoms with van der Waals surface area (Å²) in [6.07, 6.45) is 6.39. The number of thiophene rings is 1. The first-order valence-electron chi connectivity index (χ1n) is 15.4. The van der Waals surface area contributed by atoms with Crippen LogP contribution in [0.15, 0.2) is 97.1 Å². The summed E-state index contributed by atoms with van der Waals surface area (Å²) >= 11 is 1.69. The summed E-state index contributed by atoms with van der Waals surface area (Å²) in [7, 11) is 0.488. The molecule has 0 bridgehead atoms. The van der Waals surface area contributed by atoms with E-state index in [4.69, 9.17) is 22.8 Å². The molecule has 0 aliphatic rings. The van der Waals surface area contributed by atoms with Crippen LogP contribution in [-0.2, 0) is 26.4 Å². The molecule has 1 aromatic heterocycles. The minimum atomic E-state index is -2.90. The van der Waals surface area contributed by atoms with Crippen LogP contribution in [0.4, 0.5) is 5.69 Å². The van der Waals surface area contributed by atoms with Crippen molar-refractivity contribution in [3.05, 3.63) is 119 Å². The van der Waals surface area contributed by atoms with E-state index in [1.54, 1.807) is 25.6 Å². The van der Waals surface area contributed by atoms with Crippen molar-refractivity contribution in [2.75, 3.05) is 38.9 Å². The summed E-state index contributed by atoms with van der Waals surface area (Å²) in [5.74, 6) is 1.72. The van der Waals surface area contributed by atoms with E-state index in [9.17, 15) is 0 Å². The number of hydrogen-bond donors (Lipinski definition) is 0. The zero-order valence-electron chi connectivity index (χ0n) is 27.2. The van der Waals surface area contributed by atoms with Crippen molar-refractivity contribution in [1.29, 1.82) is 0 Å². The van der Waals surface area contributed by atoms with Crippen molar-refractivity contribution in [3.8, 4) is 11.5 Å². The number of ether oxygens (including phenoxy) is 2. The van der Waals surface area contributed by atoms with Gasteiger partial charge in [0.1, 0.15) is 11.5 Å². The highest BCUT2D eigenvalue weighted by molar-refractivity contribution is 7.24. The normalized spacial score (nSPS) is 12.1. The molecule has 0 saturated carbocycles. The topological polar surface area (TPSA) is 49.4 Å². The molecule has 0 aliphatic carbocycles. The highest BCUT2D eigenvalue weighted by Gasteiger charge is 2.44. The number of hydrogen-bond acceptors (Lipinski definition) is 7. The first-order valence-corrected chi connectivity index (χ1v) is 18.0. The van der Waals surface area contributed by atoms with Crippen LogP contribution in [0.2, 0.25) is 0 Å². The third-order valence-electron chi connectivity index (χ3n) is 7.26. The summed E-state index contributed by atoms with van der Waals surface area (Å²) in [4.78, 5) is 3.56. The maximum Gasteiger partial charge on any atom is 0.547 e. The van der Waals surface area contributed by atoms with Crippen molar-refractivity contribution >= 4 is 42.0 Å². The molecule has 4 rings (SSSR count). The zero-order valence-corrected chi connectivity index (χ0v) is 29.1. The summed E-state index contributed by atoms with van der Waals surface area (Å²) in [5, 5.41) is 0.